The van der Waals surface area contributed by atoms with E-state index in [1.54, 1.807) is 0 Å². The van der Waals surface area contributed by atoms with Crippen molar-refractivity contribution < 1.29 is 19.4 Å². The summed E-state index contributed by atoms with van der Waals surface area (Å²) in [5.41, 5.74) is 0. The third-order valence-corrected chi connectivity index (χ3v) is 2.65. The quantitative estimate of drug-likeness (QED) is 0.582. The third-order valence-electron chi connectivity index (χ3n) is 2.65. The Labute approximate surface area is 76.0 Å². The Morgan fingerprint density at radius 2 is 2.38 bits per heavy atom. The van der Waals surface area contributed by atoms with Gasteiger partial charge in [0.15, 0.2) is 6.23 Å². The average molecular weight is 187 g/mol. The first-order valence-corrected chi connectivity index (χ1v) is 4.52. The predicted octanol–water partition coefficient (Wildman–Crippen LogP) is 0.405. The molecule has 2 N–H and O–H groups in total. The minimum Gasteiger partial charge on any atom is -0.450 e. The summed E-state index contributed by atoms with van der Waals surface area (Å²) in [5.74, 6) is 0.199. The maximum atomic E-state index is 10.4. The molecule has 0 spiro atoms. The Morgan fingerprint density at radius 3 is 3.15 bits per heavy atom. The number of hydrogen-bond donors (Lipinski definition) is 2. The lowest BCUT2D eigenvalue weighted by Gasteiger charge is -2.32. The fourth-order valence-corrected chi connectivity index (χ4v) is 2.07. The molecule has 0 bridgehead atoms. The van der Waals surface area contributed by atoms with Gasteiger partial charge in [-0.1, -0.05) is 0 Å². The van der Waals surface area contributed by atoms with Crippen molar-refractivity contribution in [2.75, 3.05) is 13.2 Å². The van der Waals surface area contributed by atoms with Crippen molar-refractivity contribution >= 4 is 6.16 Å². The van der Waals surface area contributed by atoms with Crippen LogP contribution in [0.2, 0.25) is 0 Å². The highest BCUT2D eigenvalue weighted by molar-refractivity contribution is 5.57. The van der Waals surface area contributed by atoms with Gasteiger partial charge in [-0.2, -0.15) is 0 Å². The minimum atomic E-state index is -1.22. The van der Waals surface area contributed by atoms with E-state index in [-0.39, 0.29) is 18.2 Å². The molecule has 0 aromatic rings. The smallest absolute Gasteiger partial charge is 0.450 e. The summed E-state index contributed by atoms with van der Waals surface area (Å²) in [6, 6.07) is 0. The number of carboxylic acid groups (broad SMARTS) is 1. The van der Waals surface area contributed by atoms with Crippen LogP contribution in [0.1, 0.15) is 12.8 Å². The Balaban J connectivity index is 1.97. The average Bonchev–Trinajstić information content (AvgIpc) is 2.51. The summed E-state index contributed by atoms with van der Waals surface area (Å²) < 4.78 is 10.2. The lowest BCUT2D eigenvalue weighted by molar-refractivity contribution is -0.0387. The van der Waals surface area contributed by atoms with Crippen molar-refractivity contribution in [3.63, 3.8) is 0 Å². The van der Waals surface area contributed by atoms with Crippen molar-refractivity contribution in [1.29, 1.82) is 0 Å². The second kappa shape index (κ2) is 3.51. The summed E-state index contributed by atoms with van der Waals surface area (Å²) in [6.45, 7) is 1.48. The van der Waals surface area contributed by atoms with Crippen molar-refractivity contribution in [3.8, 4) is 0 Å². The van der Waals surface area contributed by atoms with Crippen LogP contribution in [0.15, 0.2) is 0 Å². The highest BCUT2D eigenvalue weighted by Crippen LogP contribution is 2.29. The van der Waals surface area contributed by atoms with Gasteiger partial charge in [-0.05, 0) is 12.8 Å². The van der Waals surface area contributed by atoms with E-state index in [4.69, 9.17) is 14.6 Å². The van der Waals surface area contributed by atoms with Gasteiger partial charge >= 0.3 is 6.16 Å². The molecule has 0 aromatic carbocycles. The van der Waals surface area contributed by atoms with Gasteiger partial charge in [0.05, 0.1) is 6.10 Å². The zero-order chi connectivity index (χ0) is 9.26. The molecule has 3 atom stereocenters. The highest BCUT2D eigenvalue weighted by atomic mass is 16.7. The summed E-state index contributed by atoms with van der Waals surface area (Å²) >= 11 is 0. The molecule has 5 heteroatoms. The van der Waals surface area contributed by atoms with Gasteiger partial charge in [-0.15, -0.1) is 0 Å². The number of nitrogens with one attached hydrogen (secondary N) is 1. The predicted molar refractivity (Wildman–Crippen MR) is 43.4 cm³/mol. The SMILES string of the molecule is O=C(O)OC1NCCC2OCCC21. The van der Waals surface area contributed by atoms with Gasteiger partial charge in [-0.3, -0.25) is 5.32 Å². The molecule has 2 aliphatic rings. The van der Waals surface area contributed by atoms with Crippen LogP contribution in [0.25, 0.3) is 0 Å². The number of carbonyl (C=O) groups is 1. The van der Waals surface area contributed by atoms with Crippen molar-refractivity contribution in [3.05, 3.63) is 0 Å². The van der Waals surface area contributed by atoms with Gasteiger partial charge < -0.3 is 14.6 Å². The van der Waals surface area contributed by atoms with Crippen LogP contribution >= 0.6 is 0 Å². The molecule has 0 aliphatic carbocycles. The molecule has 2 heterocycles. The maximum Gasteiger partial charge on any atom is 0.507 e. The fourth-order valence-electron chi connectivity index (χ4n) is 2.07. The molecule has 2 fully saturated rings. The topological polar surface area (TPSA) is 67.8 Å². The van der Waals surface area contributed by atoms with E-state index >= 15 is 0 Å². The number of ether oxygens (including phenoxy) is 2. The number of hydrogen-bond acceptors (Lipinski definition) is 4. The number of piperidine rings is 1. The zero-order valence-electron chi connectivity index (χ0n) is 7.23. The molecule has 0 radical (unpaired) electrons. The monoisotopic (exact) mass is 187 g/mol. The van der Waals surface area contributed by atoms with E-state index in [0.29, 0.717) is 0 Å². The first kappa shape index (κ1) is 8.77. The first-order chi connectivity index (χ1) is 6.27. The summed E-state index contributed by atoms with van der Waals surface area (Å²) in [4.78, 5) is 10.4. The van der Waals surface area contributed by atoms with E-state index in [2.05, 4.69) is 5.32 Å². The maximum absolute atomic E-state index is 10.4. The van der Waals surface area contributed by atoms with Gasteiger partial charge in [0.2, 0.25) is 0 Å². The van der Waals surface area contributed by atoms with Crippen molar-refractivity contribution in [2.45, 2.75) is 25.2 Å². The van der Waals surface area contributed by atoms with Gasteiger partial charge in [0.1, 0.15) is 0 Å². The van der Waals surface area contributed by atoms with Crippen LogP contribution in [-0.2, 0) is 9.47 Å². The molecular weight excluding hydrogens is 174 g/mol. The fraction of sp³-hybridized carbons (Fsp3) is 0.875. The van der Waals surface area contributed by atoms with E-state index < -0.39 is 6.16 Å². The van der Waals surface area contributed by atoms with Crippen molar-refractivity contribution in [2.24, 2.45) is 5.92 Å². The Morgan fingerprint density at radius 1 is 1.54 bits per heavy atom. The molecule has 0 amide bonds. The summed E-state index contributed by atoms with van der Waals surface area (Å²) in [5, 5.41) is 11.5. The third kappa shape index (κ3) is 1.76. The van der Waals surface area contributed by atoms with E-state index in [9.17, 15) is 4.79 Å². The van der Waals surface area contributed by atoms with E-state index in [1.807, 2.05) is 0 Å². The lowest BCUT2D eigenvalue weighted by atomic mass is 9.94. The highest BCUT2D eigenvalue weighted by Gasteiger charge is 2.39. The molecule has 2 rings (SSSR count). The molecule has 3 unspecified atom stereocenters. The Kier molecular flexibility index (Phi) is 2.37. The normalized spacial score (nSPS) is 38.3. The number of fused-ring (bicyclic) bond motifs is 1. The standard InChI is InChI=1S/C8H13NO4/c10-8(11)13-7-5-2-4-12-6(5)1-3-9-7/h5-7,9H,1-4H2,(H,10,11). The molecule has 13 heavy (non-hydrogen) atoms. The lowest BCUT2D eigenvalue weighted by Crippen LogP contribution is -2.48. The van der Waals surface area contributed by atoms with Gasteiger partial charge in [0.25, 0.3) is 0 Å². The first-order valence-electron chi connectivity index (χ1n) is 4.52. The molecule has 0 saturated carbocycles. The molecule has 5 nitrogen and oxygen atoms in total. The molecule has 0 aromatic heterocycles. The van der Waals surface area contributed by atoms with Crippen LogP contribution in [0.5, 0.6) is 0 Å². The van der Waals surface area contributed by atoms with Crippen LogP contribution in [-0.4, -0.2) is 36.7 Å². The van der Waals surface area contributed by atoms with Crippen molar-refractivity contribution in [1.82, 2.24) is 5.32 Å². The summed E-state index contributed by atoms with van der Waals surface area (Å²) in [7, 11) is 0. The Hall–Kier alpha value is -0.810. The molecule has 2 saturated heterocycles. The largest absolute Gasteiger partial charge is 0.507 e. The Bertz CT molecular complexity index is 208. The second-order valence-electron chi connectivity index (χ2n) is 3.41. The van der Waals surface area contributed by atoms with Crippen LogP contribution in [0.3, 0.4) is 0 Å². The zero-order valence-corrected chi connectivity index (χ0v) is 7.23. The van der Waals surface area contributed by atoms with Crippen LogP contribution in [0.4, 0.5) is 4.79 Å². The second-order valence-corrected chi connectivity index (χ2v) is 3.41. The van der Waals surface area contributed by atoms with Gasteiger partial charge in [0, 0.05) is 19.1 Å². The summed E-state index contributed by atoms with van der Waals surface area (Å²) in [6.07, 6.45) is 0.425. The van der Waals surface area contributed by atoms with E-state index in [1.165, 1.54) is 0 Å². The molecule has 74 valence electrons. The van der Waals surface area contributed by atoms with E-state index in [0.717, 1.165) is 26.0 Å². The van der Waals surface area contributed by atoms with Crippen LogP contribution < -0.4 is 5.32 Å². The molecular formula is C8H13NO4. The van der Waals surface area contributed by atoms with Crippen LogP contribution in [0, 0.1) is 5.92 Å². The number of rotatable bonds is 1. The van der Waals surface area contributed by atoms with Gasteiger partial charge in [-0.25, -0.2) is 4.79 Å². The molecule has 2 aliphatic heterocycles. The minimum absolute atomic E-state index is 0.186.